The number of hydrogen-bond acceptors (Lipinski definition) is 3. The van der Waals surface area contributed by atoms with Gasteiger partial charge in [-0.05, 0) is 64.7 Å². The molecule has 0 aromatic heterocycles. The van der Waals surface area contributed by atoms with Gasteiger partial charge in [0.25, 0.3) is 0 Å². The largest absolute Gasteiger partial charge is 0.497 e. The van der Waals surface area contributed by atoms with Gasteiger partial charge in [-0.25, -0.2) is 0 Å². The molecular formula is C16H28N2O. The maximum Gasteiger partial charge on any atom is 0.119 e. The van der Waals surface area contributed by atoms with Crippen LogP contribution < -0.4 is 10.1 Å². The monoisotopic (exact) mass is 264 g/mol. The Morgan fingerprint density at radius 1 is 1.32 bits per heavy atom. The topological polar surface area (TPSA) is 24.5 Å². The first kappa shape index (κ1) is 16.0. The van der Waals surface area contributed by atoms with Crippen molar-refractivity contribution in [2.45, 2.75) is 39.3 Å². The van der Waals surface area contributed by atoms with Crippen molar-refractivity contribution in [1.82, 2.24) is 10.2 Å². The lowest BCUT2D eigenvalue weighted by Gasteiger charge is -2.41. The van der Waals surface area contributed by atoms with E-state index in [1.165, 1.54) is 11.1 Å². The number of benzene rings is 1. The van der Waals surface area contributed by atoms with Gasteiger partial charge in [-0.2, -0.15) is 0 Å². The average Bonchev–Trinajstić information content (AvgIpc) is 2.36. The van der Waals surface area contributed by atoms with Crippen molar-refractivity contribution in [2.75, 3.05) is 27.7 Å². The van der Waals surface area contributed by atoms with Crippen LogP contribution in [-0.2, 0) is 0 Å². The second-order valence-corrected chi connectivity index (χ2v) is 5.76. The summed E-state index contributed by atoms with van der Waals surface area (Å²) in [4.78, 5) is 2.27. The summed E-state index contributed by atoms with van der Waals surface area (Å²) in [6, 6.07) is 6.61. The first-order chi connectivity index (χ1) is 8.84. The molecule has 1 atom stereocenters. The Morgan fingerprint density at radius 3 is 2.37 bits per heavy atom. The summed E-state index contributed by atoms with van der Waals surface area (Å²) < 4.78 is 5.29. The highest BCUT2D eigenvalue weighted by Gasteiger charge is 2.33. The minimum absolute atomic E-state index is 0.0371. The van der Waals surface area contributed by atoms with Crippen LogP contribution in [0.2, 0.25) is 0 Å². The van der Waals surface area contributed by atoms with Crippen molar-refractivity contribution in [3.05, 3.63) is 29.3 Å². The number of nitrogens with zero attached hydrogens (tertiary/aromatic N) is 1. The molecule has 3 nitrogen and oxygen atoms in total. The van der Waals surface area contributed by atoms with Crippen molar-refractivity contribution in [3.63, 3.8) is 0 Å². The molecule has 0 aliphatic heterocycles. The molecule has 0 spiro atoms. The summed E-state index contributed by atoms with van der Waals surface area (Å²) >= 11 is 0. The van der Waals surface area contributed by atoms with Gasteiger partial charge in [-0.1, -0.05) is 13.0 Å². The van der Waals surface area contributed by atoms with E-state index in [0.29, 0.717) is 6.04 Å². The third-order valence-corrected chi connectivity index (χ3v) is 4.06. The van der Waals surface area contributed by atoms with E-state index < -0.39 is 0 Å². The highest BCUT2D eigenvalue weighted by atomic mass is 16.5. The van der Waals surface area contributed by atoms with Crippen LogP contribution in [0, 0.1) is 6.92 Å². The number of likely N-dealkylation sites (N-methyl/N-ethyl adjacent to an activating group) is 2. The first-order valence-electron chi connectivity index (χ1n) is 6.90. The van der Waals surface area contributed by atoms with Gasteiger partial charge in [0.2, 0.25) is 0 Å². The van der Waals surface area contributed by atoms with Gasteiger partial charge < -0.3 is 15.0 Å². The Hall–Kier alpha value is -1.06. The molecule has 0 amide bonds. The van der Waals surface area contributed by atoms with E-state index in [9.17, 15) is 0 Å². The van der Waals surface area contributed by atoms with Crippen LogP contribution in [0.3, 0.4) is 0 Å². The third-order valence-electron chi connectivity index (χ3n) is 4.06. The molecule has 1 aromatic carbocycles. The van der Waals surface area contributed by atoms with Gasteiger partial charge in [0.05, 0.1) is 13.2 Å². The van der Waals surface area contributed by atoms with Crippen LogP contribution in [0.5, 0.6) is 5.75 Å². The molecule has 0 bridgehead atoms. The van der Waals surface area contributed by atoms with E-state index in [1.807, 2.05) is 6.07 Å². The standard InChI is InChI=1S/C16H28N2O/c1-8-17-15(16(3,4)18(5)6)14-10-9-13(19-7)11-12(14)2/h9-11,15,17H,8H2,1-7H3. The zero-order valence-electron chi connectivity index (χ0n) is 13.4. The summed E-state index contributed by atoms with van der Waals surface area (Å²) in [5, 5.41) is 3.62. The Labute approximate surface area is 118 Å². The van der Waals surface area contributed by atoms with Gasteiger partial charge in [-0.15, -0.1) is 0 Å². The van der Waals surface area contributed by atoms with Crippen molar-refractivity contribution >= 4 is 0 Å². The average molecular weight is 264 g/mol. The predicted octanol–water partition coefficient (Wildman–Crippen LogP) is 2.99. The highest BCUT2D eigenvalue weighted by molar-refractivity contribution is 5.38. The van der Waals surface area contributed by atoms with Crippen LogP contribution in [0.4, 0.5) is 0 Å². The normalized spacial score (nSPS) is 13.7. The number of aryl methyl sites for hydroxylation is 1. The molecular weight excluding hydrogens is 236 g/mol. The van der Waals surface area contributed by atoms with E-state index in [1.54, 1.807) is 7.11 Å². The minimum atomic E-state index is 0.0371. The van der Waals surface area contributed by atoms with E-state index in [2.05, 4.69) is 64.1 Å². The fourth-order valence-electron chi connectivity index (χ4n) is 2.30. The summed E-state index contributed by atoms with van der Waals surface area (Å²) in [5.41, 5.74) is 2.64. The van der Waals surface area contributed by atoms with Crippen molar-refractivity contribution in [3.8, 4) is 5.75 Å². The predicted molar refractivity (Wildman–Crippen MR) is 81.9 cm³/mol. The molecule has 0 radical (unpaired) electrons. The van der Waals surface area contributed by atoms with E-state index >= 15 is 0 Å². The van der Waals surface area contributed by atoms with Crippen molar-refractivity contribution in [2.24, 2.45) is 0 Å². The zero-order chi connectivity index (χ0) is 14.6. The summed E-state index contributed by atoms with van der Waals surface area (Å²) in [6.45, 7) is 9.78. The molecule has 0 saturated carbocycles. The molecule has 0 aliphatic rings. The molecule has 19 heavy (non-hydrogen) atoms. The SMILES string of the molecule is CCNC(c1ccc(OC)cc1C)C(C)(C)N(C)C. The molecule has 1 rings (SSSR count). The van der Waals surface area contributed by atoms with Crippen molar-refractivity contribution in [1.29, 1.82) is 0 Å². The van der Waals surface area contributed by atoms with Crippen LogP contribution in [0.1, 0.15) is 37.9 Å². The molecule has 1 aromatic rings. The lowest BCUT2D eigenvalue weighted by atomic mass is 9.85. The zero-order valence-corrected chi connectivity index (χ0v) is 13.4. The maximum atomic E-state index is 5.29. The molecule has 3 heteroatoms. The second-order valence-electron chi connectivity index (χ2n) is 5.76. The highest BCUT2D eigenvalue weighted by Crippen LogP contribution is 2.32. The number of hydrogen-bond donors (Lipinski definition) is 1. The Bertz CT molecular complexity index is 413. The van der Waals surface area contributed by atoms with Gasteiger partial charge in [0, 0.05) is 5.54 Å². The molecule has 1 unspecified atom stereocenters. The van der Waals surface area contributed by atoms with Crippen LogP contribution in [-0.4, -0.2) is 38.2 Å². The number of ether oxygens (including phenoxy) is 1. The number of nitrogens with one attached hydrogen (secondary N) is 1. The Morgan fingerprint density at radius 2 is 1.95 bits per heavy atom. The van der Waals surface area contributed by atoms with E-state index in [-0.39, 0.29) is 5.54 Å². The molecule has 0 heterocycles. The summed E-state index contributed by atoms with van der Waals surface area (Å²) in [6.07, 6.45) is 0. The lowest BCUT2D eigenvalue weighted by molar-refractivity contribution is 0.138. The van der Waals surface area contributed by atoms with Gasteiger partial charge >= 0.3 is 0 Å². The molecule has 0 saturated heterocycles. The fourth-order valence-corrected chi connectivity index (χ4v) is 2.30. The van der Waals surface area contributed by atoms with E-state index in [0.717, 1.165) is 12.3 Å². The third kappa shape index (κ3) is 3.48. The number of rotatable bonds is 6. The fraction of sp³-hybridized carbons (Fsp3) is 0.625. The quantitative estimate of drug-likeness (QED) is 0.855. The minimum Gasteiger partial charge on any atom is -0.497 e. The molecule has 1 N–H and O–H groups in total. The first-order valence-corrected chi connectivity index (χ1v) is 6.90. The summed E-state index contributed by atoms with van der Waals surface area (Å²) in [7, 11) is 5.96. The van der Waals surface area contributed by atoms with Crippen LogP contribution >= 0.6 is 0 Å². The van der Waals surface area contributed by atoms with Crippen LogP contribution in [0.25, 0.3) is 0 Å². The summed E-state index contributed by atoms with van der Waals surface area (Å²) in [5.74, 6) is 0.916. The van der Waals surface area contributed by atoms with Gasteiger partial charge in [0.15, 0.2) is 0 Å². The Kier molecular flexibility index (Phi) is 5.39. The molecule has 108 valence electrons. The van der Waals surface area contributed by atoms with Gasteiger partial charge in [0.1, 0.15) is 5.75 Å². The number of methoxy groups -OCH3 is 1. The van der Waals surface area contributed by atoms with Crippen molar-refractivity contribution < 1.29 is 4.74 Å². The smallest absolute Gasteiger partial charge is 0.119 e. The van der Waals surface area contributed by atoms with Gasteiger partial charge in [-0.3, -0.25) is 0 Å². The van der Waals surface area contributed by atoms with Crippen LogP contribution in [0.15, 0.2) is 18.2 Å². The second kappa shape index (κ2) is 6.40. The Balaban J connectivity index is 3.19. The molecule has 0 aliphatic carbocycles. The lowest BCUT2D eigenvalue weighted by Crippen LogP contribution is -2.49. The maximum absolute atomic E-state index is 5.29. The molecule has 0 fully saturated rings. The van der Waals surface area contributed by atoms with E-state index in [4.69, 9.17) is 4.74 Å².